The summed E-state index contributed by atoms with van der Waals surface area (Å²) in [6.07, 6.45) is 5.10. The van der Waals surface area contributed by atoms with Crippen molar-refractivity contribution in [3.63, 3.8) is 0 Å². The van der Waals surface area contributed by atoms with Crippen LogP contribution in [0.2, 0.25) is 0 Å². The topological polar surface area (TPSA) is 0 Å². The Hall–Kier alpha value is -2.32. The van der Waals surface area contributed by atoms with E-state index in [0.29, 0.717) is 11.3 Å². The van der Waals surface area contributed by atoms with E-state index >= 15 is 0 Å². The van der Waals surface area contributed by atoms with Crippen molar-refractivity contribution in [2.45, 2.75) is 60.1 Å². The van der Waals surface area contributed by atoms with Crippen molar-refractivity contribution in [1.29, 1.82) is 0 Å². The molecule has 1 unspecified atom stereocenters. The molecule has 2 aliphatic carbocycles. The van der Waals surface area contributed by atoms with Crippen LogP contribution in [0.25, 0.3) is 11.1 Å². The fourth-order valence-electron chi connectivity index (χ4n) is 4.43. The number of hydrogen-bond donors (Lipinski definition) is 0. The quantitative estimate of drug-likeness (QED) is 0.203. The largest absolute Gasteiger partial charge is 0.179 e. The van der Waals surface area contributed by atoms with Gasteiger partial charge in [0.2, 0.25) is 0 Å². The van der Waals surface area contributed by atoms with Gasteiger partial charge >= 0.3 is 34.6 Å². The Morgan fingerprint density at radius 3 is 2.05 bits per heavy atom. The second kappa shape index (κ2) is 14.7. The molecule has 4 heteroatoms. The molecule has 0 N–H and O–H groups in total. The molecule has 2 aliphatic rings. The number of rotatable bonds is 2. The van der Waals surface area contributed by atoms with E-state index in [9.17, 15) is 13.2 Å². The normalized spacial score (nSPS) is 15.2. The summed E-state index contributed by atoms with van der Waals surface area (Å²) < 4.78 is 38.7. The van der Waals surface area contributed by atoms with E-state index in [1.165, 1.54) is 76.2 Å². The van der Waals surface area contributed by atoms with Gasteiger partial charge in [-0.2, -0.15) is 85.0 Å². The third-order valence-corrected chi connectivity index (χ3v) is 6.32. The number of halogens is 3. The minimum Gasteiger partial charge on any atom is -0.179 e. The van der Waals surface area contributed by atoms with Crippen molar-refractivity contribution in [3.05, 3.63) is 119 Å². The van der Waals surface area contributed by atoms with Crippen LogP contribution < -0.4 is 0 Å². The minimum atomic E-state index is -4.23. The molecule has 3 aromatic rings. The molecular formula is C34H36F3Zr-3. The molecule has 1 atom stereocenters. The van der Waals surface area contributed by atoms with Crippen molar-refractivity contribution in [2.75, 3.05) is 0 Å². The fourth-order valence-corrected chi connectivity index (χ4v) is 4.43. The predicted molar refractivity (Wildman–Crippen MR) is 149 cm³/mol. The Balaban J connectivity index is 0.000000196. The average Bonchev–Trinajstić information content (AvgIpc) is 3.52. The van der Waals surface area contributed by atoms with Crippen molar-refractivity contribution in [3.8, 4) is 11.1 Å². The van der Waals surface area contributed by atoms with Gasteiger partial charge in [0, 0.05) is 0 Å². The molecule has 0 heterocycles. The summed E-state index contributed by atoms with van der Waals surface area (Å²) in [4.78, 5) is 0. The molecule has 0 radical (unpaired) electrons. The monoisotopic (exact) mass is 591 g/mol. The summed E-state index contributed by atoms with van der Waals surface area (Å²) in [7, 11) is 0. The standard InChI is InChI=1S/C13H9.C13H21.C7H4F3.CH2.Zr/c1-3-7-12-10(5-1)9-11-6-2-4-8-13(11)12;1-6-10-8-11(7-2)12(9-10)13(3,4)5;8-7(9,10)6-4-2-1-3-5-6;;/h1-5,7-8H,9H2;9-10H,6-7H2,1-5H3;2-5H;1H2;/q3*-1;;. The van der Waals surface area contributed by atoms with Gasteiger partial charge in [-0.15, -0.1) is 5.56 Å². The zero-order valence-electron chi connectivity index (χ0n) is 23.0. The first-order valence-electron chi connectivity index (χ1n) is 12.9. The van der Waals surface area contributed by atoms with Gasteiger partial charge in [-0.05, 0) is 6.42 Å². The van der Waals surface area contributed by atoms with Gasteiger partial charge in [-0.25, -0.2) is 5.57 Å². The van der Waals surface area contributed by atoms with Crippen LogP contribution in [0.5, 0.6) is 0 Å². The number of allylic oxidation sites excluding steroid dienone is 4. The molecule has 38 heavy (non-hydrogen) atoms. The number of benzene rings is 3. The van der Waals surface area contributed by atoms with E-state index in [4.69, 9.17) is 0 Å². The molecular weight excluding hydrogens is 557 g/mol. The third kappa shape index (κ3) is 8.87. The van der Waals surface area contributed by atoms with Crippen LogP contribution in [0.1, 0.15) is 64.2 Å². The maximum absolute atomic E-state index is 11.8. The molecule has 0 nitrogen and oxygen atoms in total. The van der Waals surface area contributed by atoms with Crippen molar-refractivity contribution >= 4 is 4.21 Å². The maximum atomic E-state index is 11.8. The Labute approximate surface area is 242 Å². The Morgan fingerprint density at radius 2 is 1.53 bits per heavy atom. The first-order chi connectivity index (χ1) is 18.0. The van der Waals surface area contributed by atoms with Crippen LogP contribution in [0.3, 0.4) is 0 Å². The van der Waals surface area contributed by atoms with E-state index in [-0.39, 0.29) is 0 Å². The Kier molecular flexibility index (Phi) is 12.4. The zero-order chi connectivity index (χ0) is 28.3. The van der Waals surface area contributed by atoms with Crippen LogP contribution >= 0.6 is 0 Å². The molecule has 0 aromatic heterocycles. The number of fused-ring (bicyclic) bond motifs is 3. The second-order valence-corrected chi connectivity index (χ2v) is 10.0. The van der Waals surface area contributed by atoms with Crippen LogP contribution in [0.4, 0.5) is 13.2 Å². The van der Waals surface area contributed by atoms with E-state index in [1.54, 1.807) is 0 Å². The van der Waals surface area contributed by atoms with Gasteiger partial charge in [0.25, 0.3) is 0 Å². The average molecular weight is 593 g/mol. The van der Waals surface area contributed by atoms with Crippen LogP contribution in [-0.4, -0.2) is 4.21 Å². The van der Waals surface area contributed by atoms with Crippen LogP contribution in [0.15, 0.2) is 84.0 Å². The molecule has 0 aliphatic heterocycles. The zero-order valence-corrected chi connectivity index (χ0v) is 25.4. The van der Waals surface area contributed by atoms with Crippen molar-refractivity contribution < 1.29 is 37.4 Å². The Morgan fingerprint density at radius 1 is 0.895 bits per heavy atom. The van der Waals surface area contributed by atoms with Gasteiger partial charge in [-0.3, -0.25) is 6.08 Å². The smallest absolute Gasteiger partial charge is 0.0253 e. The number of alkyl halides is 3. The SMILES string of the molecule is CCC1=[C-]C(CC)C=C1C(C)(C)C.FC(F)(F)c1cc[c-]cc1.[CH2]=[Zr].[c-]1cccc2c1Cc1ccccc1-2. The Bertz CT molecular complexity index is 1170. The third-order valence-electron chi connectivity index (χ3n) is 6.32. The number of hydrogen-bond acceptors (Lipinski definition) is 0. The van der Waals surface area contributed by atoms with E-state index in [2.05, 4.69) is 99.5 Å². The molecule has 0 amide bonds. The summed E-state index contributed by atoms with van der Waals surface area (Å²) in [6, 6.07) is 25.1. The molecule has 5 rings (SSSR count). The van der Waals surface area contributed by atoms with Gasteiger partial charge in [0.05, 0.1) is 0 Å². The summed E-state index contributed by atoms with van der Waals surface area (Å²) in [5, 5.41) is 0. The van der Waals surface area contributed by atoms with Crippen molar-refractivity contribution in [2.24, 2.45) is 11.3 Å². The van der Waals surface area contributed by atoms with E-state index in [0.717, 1.165) is 25.0 Å². The van der Waals surface area contributed by atoms with Crippen LogP contribution in [-0.2, 0) is 36.8 Å². The van der Waals surface area contributed by atoms with E-state index in [1.807, 2.05) is 6.07 Å². The maximum Gasteiger partial charge on any atom is -0.0253 e. The van der Waals surface area contributed by atoms with Gasteiger partial charge < -0.3 is 0 Å². The van der Waals surface area contributed by atoms with Crippen molar-refractivity contribution in [1.82, 2.24) is 0 Å². The summed E-state index contributed by atoms with van der Waals surface area (Å²) >= 11 is 1.30. The van der Waals surface area contributed by atoms with Gasteiger partial charge in [0.1, 0.15) is 0 Å². The predicted octanol–water partition coefficient (Wildman–Crippen LogP) is 9.67. The first-order valence-corrected chi connectivity index (χ1v) is 14.6. The molecule has 0 bridgehead atoms. The molecule has 0 fully saturated rings. The first kappa shape index (κ1) is 31.9. The molecule has 0 saturated heterocycles. The minimum absolute atomic E-state index is 0.294. The summed E-state index contributed by atoms with van der Waals surface area (Å²) in [5.74, 6) is 0.573. The summed E-state index contributed by atoms with van der Waals surface area (Å²) in [5.41, 5.74) is 8.13. The van der Waals surface area contributed by atoms with Gasteiger partial charge in [0.15, 0.2) is 0 Å². The second-order valence-electron chi connectivity index (χ2n) is 10.0. The van der Waals surface area contributed by atoms with E-state index < -0.39 is 11.7 Å². The molecule has 0 spiro atoms. The summed E-state index contributed by atoms with van der Waals surface area (Å²) in [6.45, 7) is 11.3. The molecule has 3 aromatic carbocycles. The molecule has 200 valence electrons. The molecule has 0 saturated carbocycles. The van der Waals surface area contributed by atoms with Gasteiger partial charge in [-0.1, -0.05) is 99.7 Å². The van der Waals surface area contributed by atoms with Crippen LogP contribution in [0, 0.1) is 29.5 Å². The fraction of sp³-hybridized carbons (Fsp3) is 0.324.